The van der Waals surface area contributed by atoms with Crippen LogP contribution in [-0.4, -0.2) is 59.7 Å². The summed E-state index contributed by atoms with van der Waals surface area (Å²) in [5.74, 6) is -1.06. The van der Waals surface area contributed by atoms with Crippen molar-refractivity contribution in [3.05, 3.63) is 48.0 Å². The summed E-state index contributed by atoms with van der Waals surface area (Å²) in [7, 11) is 0. The number of rotatable bonds is 3. The summed E-state index contributed by atoms with van der Waals surface area (Å²) in [6.45, 7) is 5.30. The Labute approximate surface area is 159 Å². The van der Waals surface area contributed by atoms with Gasteiger partial charge in [0.2, 0.25) is 5.91 Å². The maximum Gasteiger partial charge on any atom is 0.312 e. The van der Waals surface area contributed by atoms with Gasteiger partial charge in [-0.15, -0.1) is 0 Å². The van der Waals surface area contributed by atoms with Crippen LogP contribution in [0, 0.1) is 0 Å². The maximum absolute atomic E-state index is 12.6. The molecule has 0 radical (unpaired) electrons. The zero-order valence-electron chi connectivity index (χ0n) is 15.8. The van der Waals surface area contributed by atoms with Crippen molar-refractivity contribution < 1.29 is 14.4 Å². The molecule has 0 unspecified atom stereocenters. The number of hydrogen-bond donors (Lipinski definition) is 1. The molecule has 0 atom stereocenters. The van der Waals surface area contributed by atoms with E-state index < -0.39 is 11.8 Å². The molecule has 0 bridgehead atoms. The molecule has 1 heterocycles. The van der Waals surface area contributed by atoms with Crippen LogP contribution in [0.1, 0.15) is 19.4 Å². The van der Waals surface area contributed by atoms with Gasteiger partial charge in [0.05, 0.1) is 6.42 Å². The first-order valence-corrected chi connectivity index (χ1v) is 9.29. The van der Waals surface area contributed by atoms with Gasteiger partial charge in [-0.1, -0.05) is 42.5 Å². The molecule has 1 aliphatic rings. The predicted octanol–water partition coefficient (Wildman–Crippen LogP) is 1.58. The van der Waals surface area contributed by atoms with E-state index in [4.69, 9.17) is 0 Å². The van der Waals surface area contributed by atoms with Crippen LogP contribution in [0.25, 0.3) is 10.8 Å². The van der Waals surface area contributed by atoms with E-state index in [1.54, 1.807) is 4.90 Å². The second kappa shape index (κ2) is 8.20. The Morgan fingerprint density at radius 3 is 2.22 bits per heavy atom. The van der Waals surface area contributed by atoms with E-state index in [9.17, 15) is 14.4 Å². The Balaban J connectivity index is 1.55. The molecule has 3 amide bonds. The minimum absolute atomic E-state index is 0.0454. The molecule has 2 aromatic rings. The highest BCUT2D eigenvalue weighted by Crippen LogP contribution is 2.17. The highest BCUT2D eigenvalue weighted by molar-refractivity contribution is 6.35. The van der Waals surface area contributed by atoms with Crippen LogP contribution in [0.3, 0.4) is 0 Å². The summed E-state index contributed by atoms with van der Waals surface area (Å²) in [5.41, 5.74) is 0.980. The highest BCUT2D eigenvalue weighted by atomic mass is 16.2. The highest BCUT2D eigenvalue weighted by Gasteiger charge is 2.28. The summed E-state index contributed by atoms with van der Waals surface area (Å²) in [6, 6.07) is 14.0. The van der Waals surface area contributed by atoms with Gasteiger partial charge < -0.3 is 15.1 Å². The summed E-state index contributed by atoms with van der Waals surface area (Å²) in [4.78, 5) is 39.8. The SMILES string of the molecule is CC(C)NC(=O)C(=O)N1CCN(C(=O)Cc2ccc3ccccc3c2)CC1. The average molecular weight is 367 g/mol. The molecule has 2 aromatic carbocycles. The second-order valence-corrected chi connectivity index (χ2v) is 7.16. The molecule has 6 nitrogen and oxygen atoms in total. The lowest BCUT2D eigenvalue weighted by Gasteiger charge is -2.34. The van der Waals surface area contributed by atoms with Gasteiger partial charge in [-0.05, 0) is 30.2 Å². The lowest BCUT2D eigenvalue weighted by atomic mass is 10.0. The van der Waals surface area contributed by atoms with Gasteiger partial charge >= 0.3 is 11.8 Å². The maximum atomic E-state index is 12.6. The zero-order chi connectivity index (χ0) is 19.4. The van der Waals surface area contributed by atoms with Crippen molar-refractivity contribution in [2.75, 3.05) is 26.2 Å². The number of hydrogen-bond acceptors (Lipinski definition) is 3. The molecule has 0 aliphatic carbocycles. The van der Waals surface area contributed by atoms with E-state index in [0.717, 1.165) is 16.3 Å². The third-order valence-corrected chi connectivity index (χ3v) is 4.70. The van der Waals surface area contributed by atoms with Crippen LogP contribution in [0.15, 0.2) is 42.5 Å². The van der Waals surface area contributed by atoms with E-state index in [1.165, 1.54) is 4.90 Å². The van der Waals surface area contributed by atoms with Crippen LogP contribution < -0.4 is 5.32 Å². The van der Waals surface area contributed by atoms with E-state index in [0.29, 0.717) is 32.6 Å². The van der Waals surface area contributed by atoms with E-state index in [2.05, 4.69) is 5.32 Å². The number of fused-ring (bicyclic) bond motifs is 1. The van der Waals surface area contributed by atoms with E-state index >= 15 is 0 Å². The number of nitrogens with zero attached hydrogens (tertiary/aromatic N) is 2. The van der Waals surface area contributed by atoms with Crippen molar-refractivity contribution in [1.29, 1.82) is 0 Å². The summed E-state index contributed by atoms with van der Waals surface area (Å²) in [5, 5.41) is 4.88. The minimum atomic E-state index is -0.582. The smallest absolute Gasteiger partial charge is 0.312 e. The lowest BCUT2D eigenvalue weighted by molar-refractivity contribution is -0.148. The Bertz CT molecular complexity index is 855. The fourth-order valence-electron chi connectivity index (χ4n) is 3.26. The number of benzene rings is 2. The Morgan fingerprint density at radius 1 is 0.926 bits per heavy atom. The first kappa shape index (κ1) is 18.9. The largest absolute Gasteiger partial charge is 0.346 e. The molecule has 142 valence electrons. The van der Waals surface area contributed by atoms with Crippen LogP contribution in [0.2, 0.25) is 0 Å². The van der Waals surface area contributed by atoms with Crippen LogP contribution in [-0.2, 0) is 20.8 Å². The molecule has 1 aliphatic heterocycles. The van der Waals surface area contributed by atoms with Gasteiger partial charge in [0.25, 0.3) is 0 Å². The van der Waals surface area contributed by atoms with Crippen molar-refractivity contribution in [3.63, 3.8) is 0 Å². The number of amides is 3. The van der Waals surface area contributed by atoms with Crippen molar-refractivity contribution in [1.82, 2.24) is 15.1 Å². The van der Waals surface area contributed by atoms with Crippen LogP contribution in [0.4, 0.5) is 0 Å². The number of carbonyl (C=O) groups excluding carboxylic acids is 3. The Morgan fingerprint density at radius 2 is 1.56 bits per heavy atom. The molecular formula is C21H25N3O3. The third-order valence-electron chi connectivity index (χ3n) is 4.70. The Kier molecular flexibility index (Phi) is 5.74. The van der Waals surface area contributed by atoms with Crippen molar-refractivity contribution in [2.45, 2.75) is 26.3 Å². The normalized spacial score (nSPS) is 14.5. The third kappa shape index (κ3) is 4.64. The van der Waals surface area contributed by atoms with Gasteiger partial charge in [0.1, 0.15) is 0 Å². The minimum Gasteiger partial charge on any atom is -0.346 e. The molecule has 0 spiro atoms. The molecule has 0 aromatic heterocycles. The molecule has 27 heavy (non-hydrogen) atoms. The van der Waals surface area contributed by atoms with E-state index in [1.807, 2.05) is 56.3 Å². The van der Waals surface area contributed by atoms with Crippen LogP contribution in [0.5, 0.6) is 0 Å². The molecular weight excluding hydrogens is 342 g/mol. The van der Waals surface area contributed by atoms with Gasteiger partial charge in [-0.2, -0.15) is 0 Å². The fourth-order valence-corrected chi connectivity index (χ4v) is 3.26. The van der Waals surface area contributed by atoms with Crippen LogP contribution >= 0.6 is 0 Å². The summed E-state index contributed by atoms with van der Waals surface area (Å²) in [6.07, 6.45) is 0.340. The number of piperazine rings is 1. The predicted molar refractivity (Wildman–Crippen MR) is 104 cm³/mol. The van der Waals surface area contributed by atoms with Gasteiger partial charge in [-0.3, -0.25) is 14.4 Å². The zero-order valence-corrected chi connectivity index (χ0v) is 15.8. The van der Waals surface area contributed by atoms with Crippen molar-refractivity contribution in [2.24, 2.45) is 0 Å². The first-order chi connectivity index (χ1) is 12.9. The monoisotopic (exact) mass is 367 g/mol. The Hall–Kier alpha value is -2.89. The molecule has 3 rings (SSSR count). The number of nitrogens with one attached hydrogen (secondary N) is 1. The standard InChI is InChI=1S/C21H25N3O3/c1-15(2)22-20(26)21(27)24-11-9-23(10-12-24)19(25)14-16-7-8-17-5-3-4-6-18(17)13-16/h3-8,13,15H,9-12,14H2,1-2H3,(H,22,26). The molecule has 1 fully saturated rings. The van der Waals surface area contributed by atoms with Crippen molar-refractivity contribution in [3.8, 4) is 0 Å². The van der Waals surface area contributed by atoms with Gasteiger partial charge in [-0.25, -0.2) is 0 Å². The van der Waals surface area contributed by atoms with Gasteiger partial charge in [0.15, 0.2) is 0 Å². The average Bonchev–Trinajstić information content (AvgIpc) is 2.67. The van der Waals surface area contributed by atoms with Crippen molar-refractivity contribution >= 4 is 28.5 Å². The summed E-state index contributed by atoms with van der Waals surface area (Å²) >= 11 is 0. The topological polar surface area (TPSA) is 69.7 Å². The quantitative estimate of drug-likeness (QED) is 0.838. The first-order valence-electron chi connectivity index (χ1n) is 9.29. The molecule has 1 N–H and O–H groups in total. The van der Waals surface area contributed by atoms with Gasteiger partial charge in [0, 0.05) is 32.2 Å². The molecule has 1 saturated heterocycles. The summed E-state index contributed by atoms with van der Waals surface area (Å²) < 4.78 is 0. The fraction of sp³-hybridized carbons (Fsp3) is 0.381. The molecule has 6 heteroatoms. The molecule has 0 saturated carbocycles. The lowest BCUT2D eigenvalue weighted by Crippen LogP contribution is -2.54. The second-order valence-electron chi connectivity index (χ2n) is 7.16. The van der Waals surface area contributed by atoms with E-state index in [-0.39, 0.29) is 11.9 Å². The number of carbonyl (C=O) groups is 3.